The van der Waals surface area contributed by atoms with Crippen LogP contribution < -0.4 is 0 Å². The van der Waals surface area contributed by atoms with E-state index in [-0.39, 0.29) is 13.2 Å². The van der Waals surface area contributed by atoms with Crippen LogP contribution in [0.15, 0.2) is 0 Å². The average Bonchev–Trinajstić information content (AvgIpc) is 2.18. The molecule has 0 aromatic heterocycles. The summed E-state index contributed by atoms with van der Waals surface area (Å²) in [7, 11) is -1.89. The highest BCUT2D eigenvalue weighted by molar-refractivity contribution is 7.86. The molecule has 0 rings (SSSR count). The molecule has 0 unspecified atom stereocenters. The summed E-state index contributed by atoms with van der Waals surface area (Å²) in [5.74, 6) is 0. The van der Waals surface area contributed by atoms with E-state index >= 15 is 0 Å². The molecule has 0 amide bonds. The SMILES string of the molecule is CCCN(CCC)S(=O)(=O)N(C)CCO. The van der Waals surface area contributed by atoms with Gasteiger partial charge in [-0.1, -0.05) is 13.8 Å². The summed E-state index contributed by atoms with van der Waals surface area (Å²) < 4.78 is 26.5. The minimum absolute atomic E-state index is 0.145. The Kier molecular flexibility index (Phi) is 7.08. The fraction of sp³-hybridized carbons (Fsp3) is 1.00. The smallest absolute Gasteiger partial charge is 0.281 e. The Balaban J connectivity index is 4.61. The maximum absolute atomic E-state index is 11.9. The summed E-state index contributed by atoms with van der Waals surface area (Å²) in [5, 5.41) is 8.72. The molecule has 92 valence electrons. The number of hydrogen-bond acceptors (Lipinski definition) is 3. The third kappa shape index (κ3) is 4.46. The molecular formula is C9H22N2O3S. The van der Waals surface area contributed by atoms with Crippen molar-refractivity contribution in [2.24, 2.45) is 0 Å². The molecule has 5 nitrogen and oxygen atoms in total. The summed E-state index contributed by atoms with van der Waals surface area (Å²) in [6.45, 7) is 4.96. The number of nitrogens with zero attached hydrogens (tertiary/aromatic N) is 2. The van der Waals surface area contributed by atoms with Crippen LogP contribution in [0.4, 0.5) is 0 Å². The van der Waals surface area contributed by atoms with Gasteiger partial charge in [-0.15, -0.1) is 0 Å². The van der Waals surface area contributed by atoms with Gasteiger partial charge < -0.3 is 5.11 Å². The first-order chi connectivity index (χ1) is 7.00. The van der Waals surface area contributed by atoms with Crippen LogP contribution >= 0.6 is 0 Å². The van der Waals surface area contributed by atoms with Gasteiger partial charge in [0.1, 0.15) is 0 Å². The zero-order valence-electron chi connectivity index (χ0n) is 9.81. The predicted molar refractivity (Wildman–Crippen MR) is 60.8 cm³/mol. The number of hydrogen-bond donors (Lipinski definition) is 1. The van der Waals surface area contributed by atoms with Gasteiger partial charge >= 0.3 is 0 Å². The highest BCUT2D eigenvalue weighted by atomic mass is 32.2. The topological polar surface area (TPSA) is 60.9 Å². The molecule has 0 saturated heterocycles. The quantitative estimate of drug-likeness (QED) is 0.660. The lowest BCUT2D eigenvalue weighted by Crippen LogP contribution is -2.43. The molecule has 1 N–H and O–H groups in total. The van der Waals surface area contributed by atoms with Crippen molar-refractivity contribution in [1.29, 1.82) is 0 Å². The van der Waals surface area contributed by atoms with E-state index in [2.05, 4.69) is 0 Å². The Labute approximate surface area is 92.9 Å². The fourth-order valence-corrected chi connectivity index (χ4v) is 2.83. The van der Waals surface area contributed by atoms with Gasteiger partial charge in [-0.3, -0.25) is 0 Å². The normalized spacial score (nSPS) is 12.7. The van der Waals surface area contributed by atoms with Gasteiger partial charge in [0, 0.05) is 26.7 Å². The summed E-state index contributed by atoms with van der Waals surface area (Å²) in [6, 6.07) is 0. The summed E-state index contributed by atoms with van der Waals surface area (Å²) in [4.78, 5) is 0. The van der Waals surface area contributed by atoms with Crippen LogP contribution in [0, 0.1) is 0 Å². The zero-order chi connectivity index (χ0) is 11.9. The second kappa shape index (κ2) is 7.16. The standard InChI is InChI=1S/C9H22N2O3S/c1-4-6-11(7-5-2)15(13,14)10(3)8-9-12/h12H,4-9H2,1-3H3. The number of rotatable bonds is 8. The maximum Gasteiger partial charge on any atom is 0.281 e. The molecule has 0 aliphatic carbocycles. The van der Waals surface area contributed by atoms with Crippen LogP contribution in [0.25, 0.3) is 0 Å². The predicted octanol–water partition coefficient (Wildman–Crippen LogP) is 0.277. The molecule has 0 spiro atoms. The van der Waals surface area contributed by atoms with Crippen LogP contribution in [0.1, 0.15) is 26.7 Å². The van der Waals surface area contributed by atoms with Crippen molar-refractivity contribution in [3.8, 4) is 0 Å². The second-order valence-corrected chi connectivity index (χ2v) is 5.49. The highest BCUT2D eigenvalue weighted by Gasteiger charge is 2.24. The molecule has 0 aliphatic rings. The Morgan fingerprint density at radius 3 is 1.87 bits per heavy atom. The molecule has 0 aromatic rings. The average molecular weight is 238 g/mol. The molecule has 0 radical (unpaired) electrons. The van der Waals surface area contributed by atoms with Gasteiger partial charge in [0.2, 0.25) is 0 Å². The van der Waals surface area contributed by atoms with E-state index in [4.69, 9.17) is 5.11 Å². The van der Waals surface area contributed by atoms with E-state index < -0.39 is 10.2 Å². The first-order valence-electron chi connectivity index (χ1n) is 5.32. The first-order valence-corrected chi connectivity index (χ1v) is 6.72. The van der Waals surface area contributed by atoms with Crippen molar-refractivity contribution in [3.05, 3.63) is 0 Å². The van der Waals surface area contributed by atoms with Gasteiger partial charge in [-0.2, -0.15) is 17.0 Å². The number of likely N-dealkylation sites (N-methyl/N-ethyl adjacent to an activating group) is 1. The van der Waals surface area contributed by atoms with Crippen molar-refractivity contribution in [3.63, 3.8) is 0 Å². The van der Waals surface area contributed by atoms with E-state index in [0.29, 0.717) is 13.1 Å². The largest absolute Gasteiger partial charge is 0.395 e. The molecule has 0 atom stereocenters. The Morgan fingerprint density at radius 2 is 1.53 bits per heavy atom. The molecule has 0 fully saturated rings. The third-order valence-corrected chi connectivity index (χ3v) is 4.07. The Hall–Kier alpha value is -0.170. The monoisotopic (exact) mass is 238 g/mol. The molecule has 0 bridgehead atoms. The maximum atomic E-state index is 11.9. The summed E-state index contributed by atoms with van der Waals surface area (Å²) in [6.07, 6.45) is 1.60. The Morgan fingerprint density at radius 1 is 1.07 bits per heavy atom. The van der Waals surface area contributed by atoms with E-state index in [1.165, 1.54) is 15.7 Å². The van der Waals surface area contributed by atoms with E-state index in [1.807, 2.05) is 13.8 Å². The molecule has 0 saturated carbocycles. The van der Waals surface area contributed by atoms with Crippen molar-refractivity contribution in [2.45, 2.75) is 26.7 Å². The highest BCUT2D eigenvalue weighted by Crippen LogP contribution is 2.07. The van der Waals surface area contributed by atoms with E-state index in [0.717, 1.165) is 12.8 Å². The molecule has 15 heavy (non-hydrogen) atoms. The van der Waals surface area contributed by atoms with Gasteiger partial charge in [-0.25, -0.2) is 0 Å². The number of aliphatic hydroxyl groups excluding tert-OH is 1. The van der Waals surface area contributed by atoms with E-state index in [1.54, 1.807) is 0 Å². The van der Waals surface area contributed by atoms with Gasteiger partial charge in [0.25, 0.3) is 10.2 Å². The molecule has 0 aromatic carbocycles. The van der Waals surface area contributed by atoms with Crippen LogP contribution in [-0.2, 0) is 10.2 Å². The minimum atomic E-state index is -3.38. The first kappa shape index (κ1) is 14.8. The van der Waals surface area contributed by atoms with Crippen molar-refractivity contribution >= 4 is 10.2 Å². The fourth-order valence-electron chi connectivity index (χ4n) is 1.29. The lowest BCUT2D eigenvalue weighted by molar-refractivity contribution is 0.257. The van der Waals surface area contributed by atoms with Crippen LogP contribution in [0.2, 0.25) is 0 Å². The lowest BCUT2D eigenvalue weighted by atomic mass is 10.4. The van der Waals surface area contributed by atoms with Gasteiger partial charge in [0.15, 0.2) is 0 Å². The van der Waals surface area contributed by atoms with Crippen molar-refractivity contribution in [1.82, 2.24) is 8.61 Å². The summed E-state index contributed by atoms with van der Waals surface area (Å²) >= 11 is 0. The molecule has 6 heteroatoms. The lowest BCUT2D eigenvalue weighted by Gasteiger charge is -2.26. The van der Waals surface area contributed by atoms with Crippen molar-refractivity contribution in [2.75, 3.05) is 33.3 Å². The summed E-state index contributed by atoms with van der Waals surface area (Å²) in [5.41, 5.74) is 0. The van der Waals surface area contributed by atoms with Gasteiger partial charge in [-0.05, 0) is 12.8 Å². The van der Waals surface area contributed by atoms with Gasteiger partial charge in [0.05, 0.1) is 6.61 Å². The Bertz CT molecular complexity index is 248. The molecular weight excluding hydrogens is 216 g/mol. The molecule has 0 aliphatic heterocycles. The second-order valence-electron chi connectivity index (χ2n) is 3.45. The number of aliphatic hydroxyl groups is 1. The van der Waals surface area contributed by atoms with Crippen LogP contribution in [0.3, 0.4) is 0 Å². The van der Waals surface area contributed by atoms with Crippen LogP contribution in [-0.4, -0.2) is 55.4 Å². The minimum Gasteiger partial charge on any atom is -0.395 e. The van der Waals surface area contributed by atoms with Crippen LogP contribution in [0.5, 0.6) is 0 Å². The van der Waals surface area contributed by atoms with E-state index in [9.17, 15) is 8.42 Å². The van der Waals surface area contributed by atoms with Crippen molar-refractivity contribution < 1.29 is 13.5 Å². The third-order valence-electron chi connectivity index (χ3n) is 2.08. The zero-order valence-corrected chi connectivity index (χ0v) is 10.6. The molecule has 0 heterocycles.